The van der Waals surface area contributed by atoms with Gasteiger partial charge in [0.2, 0.25) is 11.9 Å². The van der Waals surface area contributed by atoms with Gasteiger partial charge in [-0.2, -0.15) is 10.1 Å². The van der Waals surface area contributed by atoms with Crippen LogP contribution in [-0.2, 0) is 18.3 Å². The number of hydrogen-bond donors (Lipinski definition) is 1. The zero-order valence-corrected chi connectivity index (χ0v) is 9.93. The second kappa shape index (κ2) is 5.39. The number of carbonyl (C=O) groups excluding carboxylic acids is 1. The van der Waals surface area contributed by atoms with Crippen LogP contribution in [0.1, 0.15) is 12.0 Å². The Bertz CT molecular complexity index is 535. The summed E-state index contributed by atoms with van der Waals surface area (Å²) in [6.45, 7) is 0. The Balaban J connectivity index is 1.85. The van der Waals surface area contributed by atoms with E-state index in [0.29, 0.717) is 18.8 Å². The van der Waals surface area contributed by atoms with Crippen molar-refractivity contribution in [2.45, 2.75) is 12.8 Å². The first kappa shape index (κ1) is 12.2. The molecule has 1 heterocycles. The van der Waals surface area contributed by atoms with Crippen molar-refractivity contribution in [1.29, 1.82) is 0 Å². The van der Waals surface area contributed by atoms with E-state index in [1.54, 1.807) is 19.2 Å². The summed E-state index contributed by atoms with van der Waals surface area (Å²) in [7, 11) is 1.70. The lowest BCUT2D eigenvalue weighted by molar-refractivity contribution is -0.116. The fourth-order valence-corrected chi connectivity index (χ4v) is 1.51. The molecule has 94 valence electrons. The molecule has 18 heavy (non-hydrogen) atoms. The first-order valence-electron chi connectivity index (χ1n) is 5.53. The molecule has 0 radical (unpaired) electrons. The molecule has 0 unspecified atom stereocenters. The third-order valence-electron chi connectivity index (χ3n) is 2.52. The average Bonchev–Trinajstić information content (AvgIpc) is 2.74. The lowest BCUT2D eigenvalue weighted by Gasteiger charge is -2.04. The number of aromatic nitrogens is 3. The number of amides is 1. The van der Waals surface area contributed by atoms with Gasteiger partial charge in [-0.15, -0.1) is 0 Å². The largest absolute Gasteiger partial charge is 0.295 e. The Labute approximate surface area is 104 Å². The molecule has 0 saturated carbocycles. The van der Waals surface area contributed by atoms with Gasteiger partial charge in [-0.1, -0.05) is 12.1 Å². The zero-order chi connectivity index (χ0) is 13.0. The molecule has 1 N–H and O–H groups in total. The summed E-state index contributed by atoms with van der Waals surface area (Å²) < 4.78 is 14.2. The molecule has 6 heteroatoms. The molecular weight excluding hydrogens is 235 g/mol. The van der Waals surface area contributed by atoms with Gasteiger partial charge in [0.1, 0.15) is 12.1 Å². The van der Waals surface area contributed by atoms with Crippen molar-refractivity contribution in [3.05, 3.63) is 42.0 Å². The van der Waals surface area contributed by atoms with Crippen LogP contribution in [0.2, 0.25) is 0 Å². The summed E-state index contributed by atoms with van der Waals surface area (Å²) in [6, 6.07) is 6.11. The summed E-state index contributed by atoms with van der Waals surface area (Å²) >= 11 is 0. The molecule has 0 spiro atoms. The van der Waals surface area contributed by atoms with Gasteiger partial charge >= 0.3 is 0 Å². The maximum atomic E-state index is 12.7. The number of nitrogens with zero attached hydrogens (tertiary/aromatic N) is 3. The van der Waals surface area contributed by atoms with E-state index >= 15 is 0 Å². The van der Waals surface area contributed by atoms with Crippen molar-refractivity contribution < 1.29 is 9.18 Å². The minimum Gasteiger partial charge on any atom is -0.295 e. The van der Waals surface area contributed by atoms with Crippen LogP contribution in [0, 0.1) is 5.82 Å². The van der Waals surface area contributed by atoms with E-state index in [-0.39, 0.29) is 11.7 Å². The summed E-state index contributed by atoms with van der Waals surface area (Å²) in [6.07, 6.45) is 2.25. The highest BCUT2D eigenvalue weighted by molar-refractivity contribution is 5.89. The second-order valence-electron chi connectivity index (χ2n) is 3.88. The number of rotatable bonds is 4. The summed E-state index contributed by atoms with van der Waals surface area (Å²) in [5.41, 5.74) is 0.921. The van der Waals surface area contributed by atoms with Crippen molar-refractivity contribution in [2.75, 3.05) is 5.32 Å². The van der Waals surface area contributed by atoms with Gasteiger partial charge in [0, 0.05) is 13.5 Å². The lowest BCUT2D eigenvalue weighted by atomic mass is 10.1. The predicted molar refractivity (Wildman–Crippen MR) is 64.4 cm³/mol. The molecule has 2 aromatic rings. The quantitative estimate of drug-likeness (QED) is 0.892. The number of aryl methyl sites for hydroxylation is 2. The highest BCUT2D eigenvalue weighted by atomic mass is 19.1. The number of nitrogens with one attached hydrogen (secondary N) is 1. The van der Waals surface area contributed by atoms with Crippen LogP contribution in [0.25, 0.3) is 0 Å². The van der Waals surface area contributed by atoms with E-state index < -0.39 is 0 Å². The van der Waals surface area contributed by atoms with Crippen LogP contribution >= 0.6 is 0 Å². The molecule has 1 aromatic heterocycles. The van der Waals surface area contributed by atoms with E-state index in [1.807, 2.05) is 0 Å². The molecule has 0 aliphatic rings. The van der Waals surface area contributed by atoms with Crippen LogP contribution in [0.15, 0.2) is 30.6 Å². The number of benzene rings is 1. The van der Waals surface area contributed by atoms with E-state index in [1.165, 1.54) is 23.1 Å². The van der Waals surface area contributed by atoms with E-state index in [0.717, 1.165) is 5.56 Å². The van der Waals surface area contributed by atoms with Crippen LogP contribution < -0.4 is 5.32 Å². The standard InChI is InChI=1S/C12H13FN4O/c1-17-12(14-8-15-17)16-11(18)7-4-9-2-5-10(13)6-3-9/h2-3,5-6,8H,4,7H2,1H3,(H,14,15,16,18). The molecule has 1 aromatic carbocycles. The predicted octanol–water partition coefficient (Wildman–Crippen LogP) is 1.53. The highest BCUT2D eigenvalue weighted by Gasteiger charge is 2.06. The Morgan fingerprint density at radius 3 is 2.72 bits per heavy atom. The first-order chi connectivity index (χ1) is 8.65. The molecule has 1 amide bonds. The third kappa shape index (κ3) is 3.13. The molecule has 0 saturated heterocycles. The molecular formula is C12H13FN4O. The molecule has 0 bridgehead atoms. The molecule has 0 aliphatic carbocycles. The number of carbonyl (C=O) groups is 1. The number of halogens is 1. The van der Waals surface area contributed by atoms with Gasteiger partial charge in [-0.05, 0) is 24.1 Å². The maximum Gasteiger partial charge on any atom is 0.227 e. The zero-order valence-electron chi connectivity index (χ0n) is 9.93. The van der Waals surface area contributed by atoms with E-state index in [4.69, 9.17) is 0 Å². The van der Waals surface area contributed by atoms with Gasteiger partial charge in [0.25, 0.3) is 0 Å². The molecule has 5 nitrogen and oxygen atoms in total. The van der Waals surface area contributed by atoms with E-state index in [2.05, 4.69) is 15.4 Å². The van der Waals surface area contributed by atoms with Crippen LogP contribution in [0.4, 0.5) is 10.3 Å². The van der Waals surface area contributed by atoms with Crippen molar-refractivity contribution in [1.82, 2.24) is 14.8 Å². The normalized spacial score (nSPS) is 10.3. The van der Waals surface area contributed by atoms with Gasteiger partial charge in [-0.25, -0.2) is 9.07 Å². The van der Waals surface area contributed by atoms with Crippen molar-refractivity contribution in [3.63, 3.8) is 0 Å². The fourth-order valence-electron chi connectivity index (χ4n) is 1.51. The minimum absolute atomic E-state index is 0.143. The molecule has 2 rings (SSSR count). The van der Waals surface area contributed by atoms with Crippen LogP contribution in [0.5, 0.6) is 0 Å². The third-order valence-corrected chi connectivity index (χ3v) is 2.52. The Hall–Kier alpha value is -2.24. The van der Waals surface area contributed by atoms with Crippen LogP contribution in [-0.4, -0.2) is 20.7 Å². The summed E-state index contributed by atoms with van der Waals surface area (Å²) in [5.74, 6) is -0.00295. The highest BCUT2D eigenvalue weighted by Crippen LogP contribution is 2.06. The fraction of sp³-hybridized carbons (Fsp3) is 0.250. The first-order valence-corrected chi connectivity index (χ1v) is 5.53. The van der Waals surface area contributed by atoms with Gasteiger partial charge in [0.15, 0.2) is 0 Å². The SMILES string of the molecule is Cn1ncnc1NC(=O)CCc1ccc(F)cc1. The average molecular weight is 248 g/mol. The minimum atomic E-state index is -0.276. The van der Waals surface area contributed by atoms with E-state index in [9.17, 15) is 9.18 Å². The maximum absolute atomic E-state index is 12.7. The number of anilines is 1. The molecule has 0 fully saturated rings. The van der Waals surface area contributed by atoms with Gasteiger partial charge < -0.3 is 0 Å². The topological polar surface area (TPSA) is 59.8 Å². The molecule has 0 aliphatic heterocycles. The Kier molecular flexibility index (Phi) is 3.66. The smallest absolute Gasteiger partial charge is 0.227 e. The monoisotopic (exact) mass is 248 g/mol. The summed E-state index contributed by atoms with van der Waals surface area (Å²) in [4.78, 5) is 15.5. The van der Waals surface area contributed by atoms with Crippen LogP contribution in [0.3, 0.4) is 0 Å². The Morgan fingerprint density at radius 1 is 1.39 bits per heavy atom. The number of hydrogen-bond acceptors (Lipinski definition) is 3. The second-order valence-corrected chi connectivity index (χ2v) is 3.88. The molecule has 0 atom stereocenters. The van der Waals surface area contributed by atoms with Crippen molar-refractivity contribution >= 4 is 11.9 Å². The Morgan fingerprint density at radius 2 is 2.11 bits per heavy atom. The summed E-state index contributed by atoms with van der Waals surface area (Å²) in [5, 5.41) is 6.49. The van der Waals surface area contributed by atoms with Crippen molar-refractivity contribution in [2.24, 2.45) is 7.05 Å². The van der Waals surface area contributed by atoms with Gasteiger partial charge in [0.05, 0.1) is 0 Å². The van der Waals surface area contributed by atoms with Crippen molar-refractivity contribution in [3.8, 4) is 0 Å². The lowest BCUT2D eigenvalue weighted by Crippen LogP contribution is -2.15. The van der Waals surface area contributed by atoms with Gasteiger partial charge in [-0.3, -0.25) is 10.1 Å².